The van der Waals surface area contributed by atoms with Crippen molar-refractivity contribution in [2.24, 2.45) is 0 Å². The predicted molar refractivity (Wildman–Crippen MR) is 94.7 cm³/mol. The molecule has 0 spiro atoms. The van der Waals surface area contributed by atoms with Crippen molar-refractivity contribution in [3.05, 3.63) is 46.5 Å². The van der Waals surface area contributed by atoms with E-state index in [0.717, 1.165) is 39.3 Å². The molecule has 140 valence electrons. The van der Waals surface area contributed by atoms with Gasteiger partial charge in [0.1, 0.15) is 5.82 Å². The van der Waals surface area contributed by atoms with Gasteiger partial charge in [-0.2, -0.15) is 0 Å². The molecule has 2 aromatic rings. The lowest BCUT2D eigenvalue weighted by Gasteiger charge is -2.26. The average Bonchev–Trinajstić information content (AvgIpc) is 3.11. The molecule has 3 rings (SSSR count). The minimum atomic E-state index is -0.415. The zero-order valence-corrected chi connectivity index (χ0v) is 15.1. The highest BCUT2D eigenvalue weighted by atomic mass is 35.5. The van der Waals surface area contributed by atoms with Crippen molar-refractivity contribution in [3.63, 3.8) is 0 Å². The fourth-order valence-electron chi connectivity index (χ4n) is 2.75. The van der Waals surface area contributed by atoms with Gasteiger partial charge in [-0.3, -0.25) is 9.69 Å². The Hall–Kier alpha value is -2.03. The van der Waals surface area contributed by atoms with E-state index in [-0.39, 0.29) is 18.1 Å². The number of hydrogen-bond donors (Lipinski definition) is 1. The largest absolute Gasteiger partial charge is 0.379 e. The van der Waals surface area contributed by atoms with Gasteiger partial charge in [0, 0.05) is 30.2 Å². The van der Waals surface area contributed by atoms with Gasteiger partial charge in [-0.1, -0.05) is 22.9 Å². The first-order valence-corrected chi connectivity index (χ1v) is 8.92. The molecular formula is C17H21ClFN5O2. The highest BCUT2D eigenvalue weighted by Gasteiger charge is 2.14. The van der Waals surface area contributed by atoms with Crippen LogP contribution < -0.4 is 5.32 Å². The normalized spacial score (nSPS) is 15.2. The number of amides is 1. The molecule has 0 atom stereocenters. The van der Waals surface area contributed by atoms with Crippen molar-refractivity contribution < 1.29 is 13.9 Å². The Morgan fingerprint density at radius 2 is 2.15 bits per heavy atom. The van der Waals surface area contributed by atoms with Crippen LogP contribution >= 0.6 is 11.6 Å². The van der Waals surface area contributed by atoms with Crippen molar-refractivity contribution in [1.29, 1.82) is 0 Å². The van der Waals surface area contributed by atoms with Crippen LogP contribution in [-0.4, -0.2) is 65.2 Å². The number of rotatable bonds is 7. The van der Waals surface area contributed by atoms with Crippen LogP contribution in [0.2, 0.25) is 5.02 Å². The van der Waals surface area contributed by atoms with E-state index in [1.165, 1.54) is 23.0 Å². The molecular weight excluding hydrogens is 361 g/mol. The third-order valence-corrected chi connectivity index (χ3v) is 4.55. The number of nitrogens with zero attached hydrogens (tertiary/aromatic N) is 4. The van der Waals surface area contributed by atoms with E-state index in [2.05, 4.69) is 20.5 Å². The molecule has 1 amide bonds. The lowest BCUT2D eigenvalue weighted by Crippen LogP contribution is -2.38. The summed E-state index contributed by atoms with van der Waals surface area (Å²) in [6.45, 7) is 4.98. The summed E-state index contributed by atoms with van der Waals surface area (Å²) in [4.78, 5) is 14.4. The predicted octanol–water partition coefficient (Wildman–Crippen LogP) is 1.57. The number of nitrogens with one attached hydrogen (secondary N) is 1. The van der Waals surface area contributed by atoms with Gasteiger partial charge in [-0.05, 0) is 25.1 Å². The zero-order chi connectivity index (χ0) is 18.4. The smallest absolute Gasteiger partial charge is 0.273 e. The van der Waals surface area contributed by atoms with E-state index in [4.69, 9.17) is 16.3 Å². The van der Waals surface area contributed by atoms with Crippen LogP contribution in [0.25, 0.3) is 0 Å². The molecule has 1 aliphatic heterocycles. The van der Waals surface area contributed by atoms with Gasteiger partial charge in [0.05, 0.1) is 26.0 Å². The molecule has 1 aromatic heterocycles. The maximum Gasteiger partial charge on any atom is 0.273 e. The first-order chi connectivity index (χ1) is 12.6. The van der Waals surface area contributed by atoms with Crippen LogP contribution in [0.1, 0.15) is 22.5 Å². The summed E-state index contributed by atoms with van der Waals surface area (Å²) >= 11 is 6.00. The fraction of sp³-hybridized carbons (Fsp3) is 0.471. The number of morpholine rings is 1. The van der Waals surface area contributed by atoms with Crippen molar-refractivity contribution in [2.75, 3.05) is 39.4 Å². The molecule has 1 fully saturated rings. The van der Waals surface area contributed by atoms with Crippen LogP contribution in [-0.2, 0) is 11.3 Å². The third kappa shape index (κ3) is 5.00. The van der Waals surface area contributed by atoms with Crippen LogP contribution in [0.15, 0.2) is 24.4 Å². The van der Waals surface area contributed by atoms with Crippen molar-refractivity contribution in [2.45, 2.75) is 13.0 Å². The average molecular weight is 382 g/mol. The second-order valence-corrected chi connectivity index (χ2v) is 6.47. The van der Waals surface area contributed by atoms with Gasteiger partial charge in [0.25, 0.3) is 5.91 Å². The van der Waals surface area contributed by atoms with E-state index in [1.807, 2.05) is 0 Å². The van der Waals surface area contributed by atoms with Gasteiger partial charge in [-0.25, -0.2) is 9.07 Å². The molecule has 0 saturated carbocycles. The molecule has 0 unspecified atom stereocenters. The summed E-state index contributed by atoms with van der Waals surface area (Å²) in [5.41, 5.74) is 0.514. The maximum atomic E-state index is 13.8. The first kappa shape index (κ1) is 18.8. The van der Waals surface area contributed by atoms with E-state index in [0.29, 0.717) is 17.1 Å². The van der Waals surface area contributed by atoms with Crippen molar-refractivity contribution in [3.8, 4) is 0 Å². The summed E-state index contributed by atoms with van der Waals surface area (Å²) in [5.74, 6) is -0.708. The lowest BCUT2D eigenvalue weighted by atomic mass is 10.2. The van der Waals surface area contributed by atoms with Gasteiger partial charge < -0.3 is 10.1 Å². The number of carbonyl (C=O) groups is 1. The molecule has 9 heteroatoms. The Morgan fingerprint density at radius 3 is 2.92 bits per heavy atom. The monoisotopic (exact) mass is 381 g/mol. The molecule has 2 heterocycles. The summed E-state index contributed by atoms with van der Waals surface area (Å²) in [6, 6.07) is 4.48. The molecule has 0 radical (unpaired) electrons. The Kier molecular flexibility index (Phi) is 6.54. The Bertz CT molecular complexity index is 728. The zero-order valence-electron chi connectivity index (χ0n) is 14.3. The number of aromatic nitrogens is 3. The molecule has 26 heavy (non-hydrogen) atoms. The molecule has 1 N–H and O–H groups in total. The number of hydrogen-bond acceptors (Lipinski definition) is 5. The highest BCUT2D eigenvalue weighted by Crippen LogP contribution is 2.19. The van der Waals surface area contributed by atoms with E-state index in [9.17, 15) is 9.18 Å². The van der Waals surface area contributed by atoms with Crippen molar-refractivity contribution >= 4 is 17.5 Å². The minimum Gasteiger partial charge on any atom is -0.379 e. The molecule has 1 aliphatic rings. The number of halogens is 2. The molecule has 7 nitrogen and oxygen atoms in total. The Morgan fingerprint density at radius 1 is 1.35 bits per heavy atom. The van der Waals surface area contributed by atoms with Gasteiger partial charge in [0.15, 0.2) is 5.69 Å². The SMILES string of the molecule is O=C(NCCCN1CCOCC1)c1cn(Cc2c(F)cccc2Cl)nn1. The summed E-state index contributed by atoms with van der Waals surface area (Å²) in [7, 11) is 0. The first-order valence-electron chi connectivity index (χ1n) is 8.55. The number of benzene rings is 1. The van der Waals surface area contributed by atoms with Crippen molar-refractivity contribution in [1.82, 2.24) is 25.2 Å². The van der Waals surface area contributed by atoms with Crippen LogP contribution in [0.5, 0.6) is 0 Å². The fourth-order valence-corrected chi connectivity index (χ4v) is 2.97. The second kappa shape index (κ2) is 9.07. The van der Waals surface area contributed by atoms with Crippen LogP contribution in [0, 0.1) is 5.82 Å². The molecule has 1 saturated heterocycles. The quantitative estimate of drug-likeness (QED) is 0.737. The van der Waals surface area contributed by atoms with Gasteiger partial charge >= 0.3 is 0 Å². The van der Waals surface area contributed by atoms with Crippen LogP contribution in [0.3, 0.4) is 0 Å². The van der Waals surface area contributed by atoms with Gasteiger partial charge in [0.2, 0.25) is 0 Å². The number of ether oxygens (including phenoxy) is 1. The van der Waals surface area contributed by atoms with E-state index in [1.54, 1.807) is 6.07 Å². The Balaban J connectivity index is 1.47. The van der Waals surface area contributed by atoms with E-state index >= 15 is 0 Å². The van der Waals surface area contributed by atoms with Crippen LogP contribution in [0.4, 0.5) is 4.39 Å². The molecule has 0 bridgehead atoms. The molecule has 0 aliphatic carbocycles. The van der Waals surface area contributed by atoms with E-state index < -0.39 is 5.82 Å². The maximum absolute atomic E-state index is 13.8. The molecule has 1 aromatic carbocycles. The topological polar surface area (TPSA) is 72.3 Å². The minimum absolute atomic E-state index is 0.114. The summed E-state index contributed by atoms with van der Waals surface area (Å²) in [5, 5.41) is 10.9. The van der Waals surface area contributed by atoms with Gasteiger partial charge in [-0.15, -0.1) is 5.10 Å². The second-order valence-electron chi connectivity index (χ2n) is 6.07. The summed E-state index contributed by atoms with van der Waals surface area (Å²) in [6.07, 6.45) is 2.34. The Labute approximate surface area is 156 Å². The lowest BCUT2D eigenvalue weighted by molar-refractivity contribution is 0.0374. The third-order valence-electron chi connectivity index (χ3n) is 4.19. The highest BCUT2D eigenvalue weighted by molar-refractivity contribution is 6.31. The standard InChI is InChI=1S/C17H21ClFN5O2/c18-14-3-1-4-15(19)13(14)11-24-12-16(21-22-24)17(25)20-5-2-6-23-7-9-26-10-8-23/h1,3-4,12H,2,5-11H2,(H,20,25). The summed E-state index contributed by atoms with van der Waals surface area (Å²) < 4.78 is 20.5. The number of carbonyl (C=O) groups excluding carboxylic acids is 1.